The molecule has 170 valence electrons. The third-order valence-electron chi connectivity index (χ3n) is 7.22. The van der Waals surface area contributed by atoms with Gasteiger partial charge < -0.3 is 9.80 Å². The quantitative estimate of drug-likeness (QED) is 0.458. The van der Waals surface area contributed by atoms with E-state index in [0.29, 0.717) is 5.82 Å². The van der Waals surface area contributed by atoms with Crippen molar-refractivity contribution in [3.8, 4) is 11.4 Å². The number of aromatic nitrogens is 4. The molecule has 2 aliphatic heterocycles. The summed E-state index contributed by atoms with van der Waals surface area (Å²) in [6.07, 6.45) is 8.90. The first-order valence-electron chi connectivity index (χ1n) is 11.9. The number of piperidine rings is 2. The summed E-state index contributed by atoms with van der Waals surface area (Å²) in [5.74, 6) is 1.77. The van der Waals surface area contributed by atoms with Crippen LogP contribution < -0.4 is 9.80 Å². The predicted octanol–water partition coefficient (Wildman–Crippen LogP) is 4.50. The van der Waals surface area contributed by atoms with Gasteiger partial charge in [-0.3, -0.25) is 9.78 Å². The predicted molar refractivity (Wildman–Crippen MR) is 132 cm³/mol. The molecule has 0 bridgehead atoms. The van der Waals surface area contributed by atoms with Gasteiger partial charge in [0.05, 0.1) is 28.3 Å². The van der Waals surface area contributed by atoms with E-state index in [-0.39, 0.29) is 11.3 Å². The van der Waals surface area contributed by atoms with Crippen LogP contribution in [0.4, 0.5) is 11.5 Å². The summed E-state index contributed by atoms with van der Waals surface area (Å²) in [6.45, 7) is 2.33. The molecule has 6 rings (SSSR count). The van der Waals surface area contributed by atoms with Gasteiger partial charge in [0.1, 0.15) is 5.82 Å². The van der Waals surface area contributed by atoms with Gasteiger partial charge in [0.15, 0.2) is 5.82 Å². The lowest BCUT2D eigenvalue weighted by Gasteiger charge is -2.46. The molecule has 1 amide bonds. The van der Waals surface area contributed by atoms with Gasteiger partial charge in [-0.25, -0.2) is 15.0 Å². The Morgan fingerprint density at radius 1 is 0.765 bits per heavy atom. The first-order chi connectivity index (χ1) is 16.7. The summed E-state index contributed by atoms with van der Waals surface area (Å²) in [7, 11) is 0. The number of benzene rings is 2. The molecule has 0 unspecified atom stereocenters. The van der Waals surface area contributed by atoms with E-state index in [2.05, 4.69) is 19.9 Å². The van der Waals surface area contributed by atoms with E-state index < -0.39 is 0 Å². The van der Waals surface area contributed by atoms with Gasteiger partial charge in [-0.2, -0.15) is 0 Å². The monoisotopic (exact) mass is 450 g/mol. The molecule has 1 spiro atoms. The standard InChI is InChI=1S/C27H26N6O/c34-26-27(12-17-32(18-13-27)24-19-30-21-8-2-3-9-22(21)31-24)11-5-16-33(26)23-10-4-1-7-20(23)25-28-14-6-15-29-25/h1-4,6-10,14-15,19H,5,11-13,16-18H2. The van der Waals surface area contributed by atoms with Crippen LogP contribution in [-0.4, -0.2) is 45.5 Å². The molecule has 0 N–H and O–H groups in total. The molecule has 0 saturated carbocycles. The van der Waals surface area contributed by atoms with E-state index in [1.165, 1.54) is 0 Å². The summed E-state index contributed by atoms with van der Waals surface area (Å²) >= 11 is 0. The molecule has 2 aliphatic rings. The Morgan fingerprint density at radius 2 is 1.50 bits per heavy atom. The maximum Gasteiger partial charge on any atom is 0.233 e. The molecule has 0 atom stereocenters. The largest absolute Gasteiger partial charge is 0.355 e. The zero-order valence-corrected chi connectivity index (χ0v) is 19.0. The van der Waals surface area contributed by atoms with Crippen molar-refractivity contribution in [3.05, 3.63) is 73.2 Å². The van der Waals surface area contributed by atoms with Crippen molar-refractivity contribution >= 4 is 28.4 Å². The summed E-state index contributed by atoms with van der Waals surface area (Å²) in [4.78, 5) is 36.4. The van der Waals surface area contributed by atoms with Crippen molar-refractivity contribution in [2.75, 3.05) is 29.4 Å². The van der Waals surface area contributed by atoms with E-state index in [1.54, 1.807) is 18.5 Å². The summed E-state index contributed by atoms with van der Waals surface area (Å²) in [5.41, 5.74) is 3.28. The number of amides is 1. The van der Waals surface area contributed by atoms with Gasteiger partial charge in [-0.15, -0.1) is 0 Å². The number of carbonyl (C=O) groups is 1. The van der Waals surface area contributed by atoms with Gasteiger partial charge >= 0.3 is 0 Å². The van der Waals surface area contributed by atoms with E-state index in [4.69, 9.17) is 4.98 Å². The number of rotatable bonds is 3. The molecule has 7 heteroatoms. The van der Waals surface area contributed by atoms with Crippen LogP contribution in [0.2, 0.25) is 0 Å². The lowest BCUT2D eigenvalue weighted by atomic mass is 9.71. The molecule has 4 aromatic rings. The summed E-state index contributed by atoms with van der Waals surface area (Å²) in [6, 6.07) is 17.7. The molecule has 2 aromatic carbocycles. The van der Waals surface area contributed by atoms with Crippen LogP contribution in [0.5, 0.6) is 0 Å². The molecule has 0 radical (unpaired) electrons. The fourth-order valence-corrected chi connectivity index (χ4v) is 5.36. The number of para-hydroxylation sites is 3. The first-order valence-corrected chi connectivity index (χ1v) is 11.9. The van der Waals surface area contributed by atoms with Crippen molar-refractivity contribution in [3.63, 3.8) is 0 Å². The van der Waals surface area contributed by atoms with Crippen LogP contribution in [0.3, 0.4) is 0 Å². The highest BCUT2D eigenvalue weighted by molar-refractivity contribution is 6.01. The van der Waals surface area contributed by atoms with Gasteiger partial charge in [0.25, 0.3) is 0 Å². The molecule has 2 fully saturated rings. The second-order valence-corrected chi connectivity index (χ2v) is 9.13. The number of nitrogens with zero attached hydrogens (tertiary/aromatic N) is 6. The van der Waals surface area contributed by atoms with Crippen LogP contribution in [-0.2, 0) is 4.79 Å². The number of carbonyl (C=O) groups excluding carboxylic acids is 1. The maximum atomic E-state index is 13.9. The fraction of sp³-hybridized carbons (Fsp3) is 0.296. The molecule has 2 saturated heterocycles. The van der Waals surface area contributed by atoms with Gasteiger partial charge in [-0.1, -0.05) is 24.3 Å². The average molecular weight is 451 g/mol. The third-order valence-corrected chi connectivity index (χ3v) is 7.22. The normalized spacial score (nSPS) is 17.9. The lowest BCUT2D eigenvalue weighted by molar-refractivity contribution is -0.131. The van der Waals surface area contributed by atoms with Gasteiger partial charge in [0.2, 0.25) is 5.91 Å². The highest BCUT2D eigenvalue weighted by atomic mass is 16.2. The number of anilines is 2. The topological polar surface area (TPSA) is 75.1 Å². The van der Waals surface area contributed by atoms with E-state index in [0.717, 1.165) is 73.4 Å². The zero-order chi connectivity index (χ0) is 23.0. The Kier molecular flexibility index (Phi) is 5.17. The SMILES string of the molecule is O=C1N(c2ccccc2-c2ncccn2)CCCC12CCN(c1cnc3ccccc3n1)CC2. The van der Waals surface area contributed by atoms with Gasteiger partial charge in [-0.05, 0) is 56.0 Å². The fourth-order valence-electron chi connectivity index (χ4n) is 5.36. The Morgan fingerprint density at radius 3 is 2.32 bits per heavy atom. The molecule has 0 aliphatic carbocycles. The summed E-state index contributed by atoms with van der Waals surface area (Å²) in [5, 5.41) is 0. The van der Waals surface area contributed by atoms with Crippen molar-refractivity contribution < 1.29 is 4.79 Å². The number of fused-ring (bicyclic) bond motifs is 1. The minimum Gasteiger partial charge on any atom is -0.355 e. The maximum absolute atomic E-state index is 13.9. The number of hydrogen-bond donors (Lipinski definition) is 0. The van der Waals surface area contributed by atoms with E-state index in [1.807, 2.05) is 59.6 Å². The average Bonchev–Trinajstić information content (AvgIpc) is 2.91. The molecule has 34 heavy (non-hydrogen) atoms. The Balaban J connectivity index is 1.24. The van der Waals surface area contributed by atoms with Crippen molar-refractivity contribution in [1.82, 2.24) is 19.9 Å². The molecule has 4 heterocycles. The third kappa shape index (κ3) is 3.57. The smallest absolute Gasteiger partial charge is 0.233 e. The van der Waals surface area contributed by atoms with E-state index in [9.17, 15) is 4.79 Å². The van der Waals surface area contributed by atoms with Crippen molar-refractivity contribution in [2.24, 2.45) is 5.41 Å². The Labute approximate surface area is 198 Å². The highest BCUT2D eigenvalue weighted by Gasteiger charge is 2.46. The van der Waals surface area contributed by atoms with Gasteiger partial charge in [0, 0.05) is 37.6 Å². The molecule has 2 aromatic heterocycles. The van der Waals surface area contributed by atoms with Crippen LogP contribution in [0.25, 0.3) is 22.4 Å². The van der Waals surface area contributed by atoms with Crippen LogP contribution in [0, 0.1) is 5.41 Å². The van der Waals surface area contributed by atoms with Crippen molar-refractivity contribution in [1.29, 1.82) is 0 Å². The van der Waals surface area contributed by atoms with E-state index >= 15 is 0 Å². The highest BCUT2D eigenvalue weighted by Crippen LogP contribution is 2.44. The Hall–Kier alpha value is -3.87. The van der Waals surface area contributed by atoms with Crippen LogP contribution in [0.15, 0.2) is 73.2 Å². The minimum absolute atomic E-state index is 0.228. The summed E-state index contributed by atoms with van der Waals surface area (Å²) < 4.78 is 0. The second kappa shape index (κ2) is 8.48. The van der Waals surface area contributed by atoms with Crippen LogP contribution >= 0.6 is 0 Å². The molecule has 7 nitrogen and oxygen atoms in total. The Bertz CT molecular complexity index is 1330. The molecular weight excluding hydrogens is 424 g/mol. The lowest BCUT2D eigenvalue weighted by Crippen LogP contribution is -2.54. The minimum atomic E-state index is -0.330. The second-order valence-electron chi connectivity index (χ2n) is 9.13. The van der Waals surface area contributed by atoms with Crippen LogP contribution in [0.1, 0.15) is 25.7 Å². The molecular formula is C27H26N6O. The zero-order valence-electron chi connectivity index (χ0n) is 19.0. The first kappa shape index (κ1) is 20.7. The van der Waals surface area contributed by atoms with Crippen molar-refractivity contribution in [2.45, 2.75) is 25.7 Å². The number of hydrogen-bond acceptors (Lipinski definition) is 6.